The summed E-state index contributed by atoms with van der Waals surface area (Å²) in [5, 5.41) is -0.576. The fourth-order valence-corrected chi connectivity index (χ4v) is 1.64. The van der Waals surface area contributed by atoms with Gasteiger partial charge in [0.25, 0.3) is 10.1 Å². The SMILES string of the molecule is O=S(=O)(O)c1ccc(OC(F)(F)F)c(Cl)c1. The first-order chi connectivity index (χ1) is 7.09. The minimum atomic E-state index is -4.93. The number of benzene rings is 1. The second-order valence-corrected chi connectivity index (χ2v) is 4.44. The molecule has 16 heavy (non-hydrogen) atoms. The Bertz CT molecular complexity index is 497. The van der Waals surface area contributed by atoms with Crippen molar-refractivity contribution >= 4 is 21.7 Å². The van der Waals surface area contributed by atoms with Gasteiger partial charge >= 0.3 is 6.36 Å². The lowest BCUT2D eigenvalue weighted by Gasteiger charge is -2.10. The molecule has 0 aliphatic rings. The largest absolute Gasteiger partial charge is 0.573 e. The monoisotopic (exact) mass is 276 g/mol. The van der Waals surface area contributed by atoms with Gasteiger partial charge in [0.15, 0.2) is 0 Å². The number of halogens is 4. The molecule has 0 saturated carbocycles. The standard InChI is InChI=1S/C7H4ClF3O4S/c8-5-3-4(16(12,13)14)1-2-6(5)15-7(9,10)11/h1-3H,(H,12,13,14). The Labute approximate surface area is 93.3 Å². The van der Waals surface area contributed by atoms with Crippen molar-refractivity contribution in [3.8, 4) is 5.75 Å². The predicted octanol–water partition coefficient (Wildman–Crippen LogP) is 2.49. The molecule has 1 N–H and O–H groups in total. The molecule has 0 aliphatic heterocycles. The van der Waals surface area contributed by atoms with Crippen LogP contribution in [-0.4, -0.2) is 19.3 Å². The molecule has 1 aromatic rings. The third-order valence-corrected chi connectivity index (χ3v) is 2.57. The van der Waals surface area contributed by atoms with Gasteiger partial charge in [-0.25, -0.2) is 0 Å². The summed E-state index contributed by atoms with van der Waals surface area (Å²) in [6.45, 7) is 0. The van der Waals surface area contributed by atoms with Crippen LogP contribution in [0, 0.1) is 0 Å². The summed E-state index contributed by atoms with van der Waals surface area (Å²) < 4.78 is 68.7. The molecule has 0 amide bonds. The highest BCUT2D eigenvalue weighted by molar-refractivity contribution is 7.85. The van der Waals surface area contributed by atoms with Crippen molar-refractivity contribution < 1.29 is 30.9 Å². The van der Waals surface area contributed by atoms with Gasteiger partial charge in [0.2, 0.25) is 0 Å². The molecule has 0 saturated heterocycles. The van der Waals surface area contributed by atoms with Gasteiger partial charge in [0.05, 0.1) is 9.92 Å². The van der Waals surface area contributed by atoms with Crippen LogP contribution in [0.4, 0.5) is 13.2 Å². The Kier molecular flexibility index (Phi) is 3.36. The molecule has 1 rings (SSSR count). The summed E-state index contributed by atoms with van der Waals surface area (Å²) in [5.74, 6) is -0.749. The Morgan fingerprint density at radius 2 is 1.88 bits per heavy atom. The molecule has 4 nitrogen and oxygen atoms in total. The van der Waals surface area contributed by atoms with E-state index in [2.05, 4.69) is 4.74 Å². The van der Waals surface area contributed by atoms with E-state index in [1.54, 1.807) is 0 Å². The molecular formula is C7H4ClF3O4S. The van der Waals surface area contributed by atoms with E-state index in [0.29, 0.717) is 12.1 Å². The molecular weight excluding hydrogens is 273 g/mol. The van der Waals surface area contributed by atoms with E-state index in [1.807, 2.05) is 0 Å². The summed E-state index contributed by atoms with van der Waals surface area (Å²) in [5.41, 5.74) is 0. The molecule has 0 bridgehead atoms. The number of rotatable bonds is 2. The normalized spacial score (nSPS) is 12.6. The average Bonchev–Trinajstić information content (AvgIpc) is 2.04. The summed E-state index contributed by atoms with van der Waals surface area (Å²) in [7, 11) is -4.51. The Morgan fingerprint density at radius 3 is 2.25 bits per heavy atom. The predicted molar refractivity (Wildman–Crippen MR) is 47.9 cm³/mol. The minimum Gasteiger partial charge on any atom is -0.404 e. The van der Waals surface area contributed by atoms with Crippen molar-refractivity contribution in [3.05, 3.63) is 23.2 Å². The van der Waals surface area contributed by atoms with E-state index in [0.717, 1.165) is 6.07 Å². The minimum absolute atomic E-state index is 0.576. The Morgan fingerprint density at radius 1 is 1.31 bits per heavy atom. The van der Waals surface area contributed by atoms with Crippen LogP contribution in [0.3, 0.4) is 0 Å². The number of hydrogen-bond donors (Lipinski definition) is 1. The zero-order valence-corrected chi connectivity index (χ0v) is 8.90. The quantitative estimate of drug-likeness (QED) is 0.843. The van der Waals surface area contributed by atoms with Gasteiger partial charge in [-0.2, -0.15) is 8.42 Å². The maximum atomic E-state index is 11.8. The third kappa shape index (κ3) is 3.54. The lowest BCUT2D eigenvalue weighted by molar-refractivity contribution is -0.274. The maximum absolute atomic E-state index is 11.8. The summed E-state index contributed by atoms with van der Waals surface area (Å²) in [6.07, 6.45) is -4.93. The van der Waals surface area contributed by atoms with Crippen LogP contribution in [0.25, 0.3) is 0 Å². The van der Waals surface area contributed by atoms with Gasteiger partial charge in [-0.15, -0.1) is 13.2 Å². The number of hydrogen-bond acceptors (Lipinski definition) is 3. The van der Waals surface area contributed by atoms with Crippen molar-refractivity contribution in [2.45, 2.75) is 11.3 Å². The zero-order chi connectivity index (χ0) is 12.6. The topological polar surface area (TPSA) is 63.6 Å². The van der Waals surface area contributed by atoms with Crippen LogP contribution in [0.15, 0.2) is 23.1 Å². The molecule has 0 radical (unpaired) electrons. The van der Waals surface area contributed by atoms with Gasteiger partial charge in [0, 0.05) is 0 Å². The molecule has 0 fully saturated rings. The van der Waals surface area contributed by atoms with Gasteiger partial charge in [-0.3, -0.25) is 4.55 Å². The molecule has 9 heteroatoms. The molecule has 0 aliphatic carbocycles. The number of ether oxygens (including phenoxy) is 1. The van der Waals surface area contributed by atoms with Crippen LogP contribution < -0.4 is 4.74 Å². The Balaban J connectivity index is 3.11. The highest BCUT2D eigenvalue weighted by Gasteiger charge is 2.32. The first kappa shape index (κ1) is 13.1. The fraction of sp³-hybridized carbons (Fsp3) is 0.143. The molecule has 1 aromatic carbocycles. The molecule has 90 valence electrons. The fourth-order valence-electron chi connectivity index (χ4n) is 0.849. The van der Waals surface area contributed by atoms with Crippen LogP contribution in [-0.2, 0) is 10.1 Å². The van der Waals surface area contributed by atoms with Crippen LogP contribution in [0.1, 0.15) is 0 Å². The first-order valence-electron chi connectivity index (χ1n) is 3.62. The lowest BCUT2D eigenvalue weighted by Crippen LogP contribution is -2.17. The highest BCUT2D eigenvalue weighted by Crippen LogP contribution is 2.31. The average molecular weight is 277 g/mol. The van der Waals surface area contributed by atoms with Crippen molar-refractivity contribution in [1.29, 1.82) is 0 Å². The second-order valence-electron chi connectivity index (χ2n) is 2.62. The lowest BCUT2D eigenvalue weighted by atomic mass is 10.3. The van der Waals surface area contributed by atoms with E-state index >= 15 is 0 Å². The van der Waals surface area contributed by atoms with E-state index < -0.39 is 32.1 Å². The summed E-state index contributed by atoms with van der Waals surface area (Å²) in [6, 6.07) is 2.08. The Hall–Kier alpha value is -0.990. The smallest absolute Gasteiger partial charge is 0.404 e. The summed E-state index contributed by atoms with van der Waals surface area (Å²) >= 11 is 5.34. The highest BCUT2D eigenvalue weighted by atomic mass is 35.5. The zero-order valence-electron chi connectivity index (χ0n) is 7.32. The molecule has 0 atom stereocenters. The van der Waals surface area contributed by atoms with Crippen LogP contribution in [0.5, 0.6) is 5.75 Å². The van der Waals surface area contributed by atoms with Crippen LogP contribution >= 0.6 is 11.6 Å². The van der Waals surface area contributed by atoms with Gasteiger partial charge in [0.1, 0.15) is 5.75 Å². The maximum Gasteiger partial charge on any atom is 0.573 e. The van der Waals surface area contributed by atoms with Gasteiger partial charge < -0.3 is 4.74 Å². The first-order valence-corrected chi connectivity index (χ1v) is 5.44. The van der Waals surface area contributed by atoms with Crippen molar-refractivity contribution in [1.82, 2.24) is 0 Å². The molecule has 0 heterocycles. The number of alkyl halides is 3. The van der Waals surface area contributed by atoms with Crippen LogP contribution in [0.2, 0.25) is 5.02 Å². The van der Waals surface area contributed by atoms with Crippen molar-refractivity contribution in [2.24, 2.45) is 0 Å². The second kappa shape index (κ2) is 4.11. The molecule has 0 spiro atoms. The molecule has 0 aromatic heterocycles. The van der Waals surface area contributed by atoms with E-state index in [4.69, 9.17) is 16.2 Å². The van der Waals surface area contributed by atoms with Gasteiger partial charge in [-0.1, -0.05) is 11.6 Å². The van der Waals surface area contributed by atoms with E-state index in [9.17, 15) is 21.6 Å². The van der Waals surface area contributed by atoms with E-state index in [1.165, 1.54) is 0 Å². The van der Waals surface area contributed by atoms with Gasteiger partial charge in [-0.05, 0) is 18.2 Å². The van der Waals surface area contributed by atoms with E-state index in [-0.39, 0.29) is 0 Å². The third-order valence-electron chi connectivity index (χ3n) is 1.43. The molecule has 0 unspecified atom stereocenters. The summed E-state index contributed by atoms with van der Waals surface area (Å²) in [4.78, 5) is -0.618. The van der Waals surface area contributed by atoms with Crippen molar-refractivity contribution in [2.75, 3.05) is 0 Å². The van der Waals surface area contributed by atoms with Crippen molar-refractivity contribution in [3.63, 3.8) is 0 Å².